The van der Waals surface area contributed by atoms with E-state index in [1.807, 2.05) is 0 Å². The molecule has 2 nitrogen and oxygen atoms in total. The number of carbonyl (C=O) groups is 1. The average molecular weight is 302 g/mol. The zero-order valence-corrected chi connectivity index (χ0v) is 14.3. The molecule has 0 bridgehead atoms. The van der Waals surface area contributed by atoms with Crippen LogP contribution in [0.25, 0.3) is 0 Å². The van der Waals surface area contributed by atoms with Gasteiger partial charge in [0.25, 0.3) is 0 Å². The Kier molecular flexibility index (Phi) is 4.54. The Bertz CT molecular complexity index is 514. The van der Waals surface area contributed by atoms with Crippen LogP contribution in [0.15, 0.2) is 37.0 Å². The molecule has 22 heavy (non-hydrogen) atoms. The molecule has 2 saturated carbocycles. The van der Waals surface area contributed by atoms with Gasteiger partial charge in [0.2, 0.25) is 0 Å². The third-order valence-corrected chi connectivity index (χ3v) is 6.33. The van der Waals surface area contributed by atoms with Crippen LogP contribution in [0, 0.1) is 22.7 Å². The van der Waals surface area contributed by atoms with Crippen LogP contribution in [0.1, 0.15) is 52.9 Å². The summed E-state index contributed by atoms with van der Waals surface area (Å²) >= 11 is 0. The summed E-state index contributed by atoms with van der Waals surface area (Å²) in [6.45, 7) is 18.3. The lowest BCUT2D eigenvalue weighted by Crippen LogP contribution is -2.55. The standard InChI is InChI=1S/C20H30O2/c1-7-13(2)12-15(21)18-14(3)8-9-16-19(4,5)17(22)10-11-20(16,18)6/h7,15-16,18,21H,1-3,8-12H2,4-6H3/t15-,16+,18-,20+/m1/s1. The summed E-state index contributed by atoms with van der Waals surface area (Å²) in [6.07, 6.45) is 5.11. The van der Waals surface area contributed by atoms with E-state index in [0.717, 1.165) is 30.4 Å². The van der Waals surface area contributed by atoms with Crippen LogP contribution in [-0.4, -0.2) is 17.0 Å². The van der Waals surface area contributed by atoms with Gasteiger partial charge in [0, 0.05) is 17.8 Å². The number of hydrogen-bond acceptors (Lipinski definition) is 2. The first kappa shape index (κ1) is 17.2. The van der Waals surface area contributed by atoms with Crippen molar-refractivity contribution in [1.82, 2.24) is 0 Å². The Morgan fingerprint density at radius 1 is 1.41 bits per heavy atom. The molecule has 0 aliphatic heterocycles. The lowest BCUT2D eigenvalue weighted by atomic mass is 9.46. The van der Waals surface area contributed by atoms with Gasteiger partial charge in [-0.1, -0.05) is 57.7 Å². The molecule has 0 heterocycles. The summed E-state index contributed by atoms with van der Waals surface area (Å²) < 4.78 is 0. The number of allylic oxidation sites excluding steroid dienone is 1. The number of aliphatic hydroxyl groups is 1. The van der Waals surface area contributed by atoms with E-state index in [1.165, 1.54) is 0 Å². The van der Waals surface area contributed by atoms with Gasteiger partial charge in [0.15, 0.2) is 0 Å². The van der Waals surface area contributed by atoms with E-state index in [-0.39, 0.29) is 16.7 Å². The predicted molar refractivity (Wildman–Crippen MR) is 91.4 cm³/mol. The Labute approximate surface area is 135 Å². The molecule has 1 N–H and O–H groups in total. The number of ketones is 1. The second-order valence-corrected chi connectivity index (χ2v) is 8.01. The Morgan fingerprint density at radius 3 is 2.64 bits per heavy atom. The topological polar surface area (TPSA) is 37.3 Å². The zero-order valence-electron chi connectivity index (χ0n) is 14.3. The van der Waals surface area contributed by atoms with E-state index in [4.69, 9.17) is 0 Å². The van der Waals surface area contributed by atoms with Crippen molar-refractivity contribution in [3.8, 4) is 0 Å². The van der Waals surface area contributed by atoms with Crippen molar-refractivity contribution in [3.63, 3.8) is 0 Å². The molecule has 2 fully saturated rings. The third kappa shape index (κ3) is 2.62. The SMILES string of the molecule is C=CC(=C)C[C@@H](O)[C@H]1C(=C)CC[C@H]2C(C)(C)C(=O)CC[C@]12C. The summed E-state index contributed by atoms with van der Waals surface area (Å²) in [5, 5.41) is 10.8. The number of Topliss-reactive ketones (excluding diaryl/α,β-unsaturated/α-hetero) is 1. The average Bonchev–Trinajstić information content (AvgIpc) is 2.42. The van der Waals surface area contributed by atoms with Crippen molar-refractivity contribution >= 4 is 5.78 Å². The second kappa shape index (κ2) is 5.81. The molecular formula is C20H30O2. The summed E-state index contributed by atoms with van der Waals surface area (Å²) in [4.78, 5) is 12.4. The van der Waals surface area contributed by atoms with E-state index in [2.05, 4.69) is 40.5 Å². The van der Waals surface area contributed by atoms with Gasteiger partial charge in [0.05, 0.1) is 6.10 Å². The molecule has 2 heteroatoms. The fourth-order valence-corrected chi connectivity index (χ4v) is 5.09. The number of rotatable bonds is 4. The quantitative estimate of drug-likeness (QED) is 0.615. The molecule has 0 unspecified atom stereocenters. The normalized spacial score (nSPS) is 35.6. The van der Waals surface area contributed by atoms with Crippen LogP contribution in [-0.2, 0) is 4.79 Å². The fourth-order valence-electron chi connectivity index (χ4n) is 5.09. The molecule has 0 aromatic rings. The summed E-state index contributed by atoms with van der Waals surface area (Å²) in [6, 6.07) is 0. The van der Waals surface area contributed by atoms with Crippen LogP contribution in [0.5, 0.6) is 0 Å². The largest absolute Gasteiger partial charge is 0.392 e. The van der Waals surface area contributed by atoms with Crippen LogP contribution >= 0.6 is 0 Å². The van der Waals surface area contributed by atoms with Crippen molar-refractivity contribution in [2.75, 3.05) is 0 Å². The van der Waals surface area contributed by atoms with Gasteiger partial charge < -0.3 is 5.11 Å². The van der Waals surface area contributed by atoms with Crippen molar-refractivity contribution in [2.24, 2.45) is 22.7 Å². The molecule has 2 aliphatic carbocycles. The molecule has 0 saturated heterocycles. The first-order valence-electron chi connectivity index (χ1n) is 8.34. The number of carbonyl (C=O) groups excluding carboxylic acids is 1. The van der Waals surface area contributed by atoms with E-state index < -0.39 is 6.10 Å². The minimum absolute atomic E-state index is 0.0373. The predicted octanol–water partition coefficient (Wildman–Crippen LogP) is 4.46. The van der Waals surface area contributed by atoms with Crippen molar-refractivity contribution in [2.45, 2.75) is 59.0 Å². The maximum Gasteiger partial charge on any atom is 0.138 e. The second-order valence-electron chi connectivity index (χ2n) is 8.01. The monoisotopic (exact) mass is 302 g/mol. The molecule has 2 aliphatic rings. The molecular weight excluding hydrogens is 272 g/mol. The molecule has 122 valence electrons. The summed E-state index contributed by atoms with van der Waals surface area (Å²) in [7, 11) is 0. The van der Waals surface area contributed by atoms with Crippen LogP contribution < -0.4 is 0 Å². The molecule has 2 rings (SSSR count). The molecule has 0 aromatic carbocycles. The van der Waals surface area contributed by atoms with Gasteiger partial charge >= 0.3 is 0 Å². The van der Waals surface area contributed by atoms with E-state index in [0.29, 0.717) is 24.5 Å². The summed E-state index contributed by atoms with van der Waals surface area (Å²) in [5.74, 6) is 0.713. The van der Waals surface area contributed by atoms with Crippen LogP contribution in [0.2, 0.25) is 0 Å². The fraction of sp³-hybridized carbons (Fsp3) is 0.650. The van der Waals surface area contributed by atoms with Crippen molar-refractivity contribution < 1.29 is 9.90 Å². The lowest BCUT2D eigenvalue weighted by molar-refractivity contribution is -0.148. The maximum absolute atomic E-state index is 12.4. The number of hydrogen-bond donors (Lipinski definition) is 1. The Morgan fingerprint density at radius 2 is 2.05 bits per heavy atom. The van der Waals surface area contributed by atoms with Crippen molar-refractivity contribution in [3.05, 3.63) is 37.0 Å². The van der Waals surface area contributed by atoms with Gasteiger partial charge in [0.1, 0.15) is 5.78 Å². The molecule has 0 aromatic heterocycles. The minimum atomic E-state index is -0.491. The molecule has 0 spiro atoms. The maximum atomic E-state index is 12.4. The minimum Gasteiger partial charge on any atom is -0.392 e. The highest BCUT2D eigenvalue weighted by atomic mass is 16.3. The molecule has 4 atom stereocenters. The van der Waals surface area contributed by atoms with Gasteiger partial charge in [-0.05, 0) is 37.0 Å². The Balaban J connectivity index is 2.36. The highest BCUT2D eigenvalue weighted by molar-refractivity contribution is 5.85. The molecule has 0 amide bonds. The molecule has 0 radical (unpaired) electrons. The first-order valence-corrected chi connectivity index (χ1v) is 8.34. The van der Waals surface area contributed by atoms with Gasteiger partial charge in [-0.25, -0.2) is 0 Å². The highest BCUT2D eigenvalue weighted by Gasteiger charge is 2.57. The van der Waals surface area contributed by atoms with Gasteiger partial charge in [-0.15, -0.1) is 0 Å². The highest BCUT2D eigenvalue weighted by Crippen LogP contribution is 2.60. The summed E-state index contributed by atoms with van der Waals surface area (Å²) in [5.41, 5.74) is 1.62. The van der Waals surface area contributed by atoms with Crippen molar-refractivity contribution in [1.29, 1.82) is 0 Å². The van der Waals surface area contributed by atoms with Gasteiger partial charge in [-0.2, -0.15) is 0 Å². The number of aliphatic hydroxyl groups excluding tert-OH is 1. The lowest BCUT2D eigenvalue weighted by Gasteiger charge is -2.58. The van der Waals surface area contributed by atoms with Gasteiger partial charge in [-0.3, -0.25) is 4.79 Å². The van der Waals surface area contributed by atoms with E-state index in [1.54, 1.807) is 6.08 Å². The third-order valence-electron chi connectivity index (χ3n) is 6.33. The number of fused-ring (bicyclic) bond motifs is 1. The Hall–Kier alpha value is -1.15. The van der Waals surface area contributed by atoms with Crippen LogP contribution in [0.3, 0.4) is 0 Å². The van der Waals surface area contributed by atoms with E-state index >= 15 is 0 Å². The smallest absolute Gasteiger partial charge is 0.138 e. The van der Waals surface area contributed by atoms with E-state index in [9.17, 15) is 9.90 Å². The first-order chi connectivity index (χ1) is 10.1. The zero-order chi connectivity index (χ0) is 16.7. The van der Waals surface area contributed by atoms with Crippen LogP contribution in [0.4, 0.5) is 0 Å².